The number of aromatic nitrogens is 2. The molecule has 1 aromatic heterocycles. The van der Waals surface area contributed by atoms with Gasteiger partial charge in [-0.15, -0.1) is 5.10 Å². The Morgan fingerprint density at radius 3 is 2.76 bits per heavy atom. The number of anilines is 1. The van der Waals surface area contributed by atoms with E-state index < -0.39 is 0 Å². The predicted octanol–water partition coefficient (Wildman–Crippen LogP) is 3.07. The molecule has 1 heterocycles. The van der Waals surface area contributed by atoms with E-state index in [-0.39, 0.29) is 5.91 Å². The largest absolute Gasteiger partial charge is 0.296 e. The molecule has 88 valence electrons. The molecule has 0 aliphatic heterocycles. The molecule has 0 unspecified atom stereocenters. The topological polar surface area (TPSA) is 57.8 Å². The molecule has 0 radical (unpaired) electrons. The van der Waals surface area contributed by atoms with Gasteiger partial charge in [0.25, 0.3) is 5.91 Å². The SMILES string of the molecule is Cc1ccc(C(=O)Nc2n[nH]c(=S)s2)cc1C. The summed E-state index contributed by atoms with van der Waals surface area (Å²) in [7, 11) is 0. The van der Waals surface area contributed by atoms with E-state index in [0.717, 1.165) is 11.1 Å². The van der Waals surface area contributed by atoms with Crippen LogP contribution in [0.1, 0.15) is 21.5 Å². The third-order valence-corrected chi connectivity index (χ3v) is 3.43. The van der Waals surface area contributed by atoms with Gasteiger partial charge in [0.05, 0.1) is 0 Å². The first-order valence-electron chi connectivity index (χ1n) is 5.00. The smallest absolute Gasteiger partial charge is 0.257 e. The average molecular weight is 265 g/mol. The van der Waals surface area contributed by atoms with Crippen LogP contribution in [0.5, 0.6) is 0 Å². The second-order valence-electron chi connectivity index (χ2n) is 3.67. The number of nitrogens with zero attached hydrogens (tertiary/aromatic N) is 1. The van der Waals surface area contributed by atoms with Crippen LogP contribution < -0.4 is 5.32 Å². The number of amides is 1. The first kappa shape index (κ1) is 11.9. The van der Waals surface area contributed by atoms with Crippen molar-refractivity contribution in [1.29, 1.82) is 0 Å². The molecule has 0 aliphatic rings. The zero-order valence-corrected chi connectivity index (χ0v) is 11.0. The summed E-state index contributed by atoms with van der Waals surface area (Å²) in [5, 5.41) is 9.67. The minimum Gasteiger partial charge on any atom is -0.296 e. The molecule has 0 bridgehead atoms. The zero-order chi connectivity index (χ0) is 12.4. The van der Waals surface area contributed by atoms with Crippen LogP contribution in [-0.2, 0) is 0 Å². The van der Waals surface area contributed by atoms with Gasteiger partial charge in [0.2, 0.25) is 5.13 Å². The molecular formula is C11H11N3OS2. The van der Waals surface area contributed by atoms with E-state index in [1.54, 1.807) is 6.07 Å². The Morgan fingerprint density at radius 1 is 1.41 bits per heavy atom. The Morgan fingerprint density at radius 2 is 2.18 bits per heavy atom. The molecule has 1 amide bonds. The molecular weight excluding hydrogens is 254 g/mol. The summed E-state index contributed by atoms with van der Waals surface area (Å²) in [6.45, 7) is 3.99. The van der Waals surface area contributed by atoms with Crippen LogP contribution in [0.4, 0.5) is 5.13 Å². The predicted molar refractivity (Wildman–Crippen MR) is 71.2 cm³/mol. The number of hydrogen-bond donors (Lipinski definition) is 2. The molecule has 0 aliphatic carbocycles. The van der Waals surface area contributed by atoms with E-state index in [1.807, 2.05) is 26.0 Å². The van der Waals surface area contributed by atoms with Crippen LogP contribution in [0.15, 0.2) is 18.2 Å². The van der Waals surface area contributed by atoms with Crippen molar-refractivity contribution in [3.63, 3.8) is 0 Å². The lowest BCUT2D eigenvalue weighted by molar-refractivity contribution is 0.102. The van der Waals surface area contributed by atoms with Crippen LogP contribution >= 0.6 is 23.6 Å². The van der Waals surface area contributed by atoms with Crippen molar-refractivity contribution >= 4 is 34.6 Å². The number of aryl methyl sites for hydroxylation is 2. The summed E-state index contributed by atoms with van der Waals surface area (Å²) >= 11 is 6.12. The van der Waals surface area contributed by atoms with Gasteiger partial charge in [-0.25, -0.2) is 0 Å². The van der Waals surface area contributed by atoms with Crippen LogP contribution in [0.3, 0.4) is 0 Å². The van der Waals surface area contributed by atoms with Crippen molar-refractivity contribution in [2.24, 2.45) is 0 Å². The molecule has 0 atom stereocenters. The Labute approximate surface area is 108 Å². The zero-order valence-electron chi connectivity index (χ0n) is 9.40. The molecule has 2 N–H and O–H groups in total. The molecule has 0 spiro atoms. The highest BCUT2D eigenvalue weighted by Gasteiger charge is 2.08. The molecule has 6 heteroatoms. The summed E-state index contributed by atoms with van der Waals surface area (Å²) in [6, 6.07) is 5.58. The molecule has 4 nitrogen and oxygen atoms in total. The fraction of sp³-hybridized carbons (Fsp3) is 0.182. The number of benzene rings is 1. The van der Waals surface area contributed by atoms with Crippen molar-refractivity contribution in [3.8, 4) is 0 Å². The summed E-state index contributed by atoms with van der Waals surface area (Å²) in [6.07, 6.45) is 0. The number of aromatic amines is 1. The van der Waals surface area contributed by atoms with Crippen molar-refractivity contribution in [2.75, 3.05) is 5.32 Å². The number of rotatable bonds is 2. The molecule has 0 saturated carbocycles. The maximum absolute atomic E-state index is 11.9. The van der Waals surface area contributed by atoms with Gasteiger partial charge in [-0.2, -0.15) is 0 Å². The van der Waals surface area contributed by atoms with Gasteiger partial charge in [0.1, 0.15) is 0 Å². The molecule has 2 aromatic rings. The van der Waals surface area contributed by atoms with Gasteiger partial charge in [-0.3, -0.25) is 15.2 Å². The Kier molecular flexibility index (Phi) is 3.35. The van der Waals surface area contributed by atoms with Crippen LogP contribution in [-0.4, -0.2) is 16.1 Å². The molecule has 0 saturated heterocycles. The number of nitrogens with one attached hydrogen (secondary N) is 2. The molecule has 17 heavy (non-hydrogen) atoms. The fourth-order valence-electron chi connectivity index (χ4n) is 1.34. The summed E-state index contributed by atoms with van der Waals surface area (Å²) in [5.74, 6) is -0.175. The first-order valence-corrected chi connectivity index (χ1v) is 6.23. The van der Waals surface area contributed by atoms with E-state index >= 15 is 0 Å². The van der Waals surface area contributed by atoms with Crippen molar-refractivity contribution in [1.82, 2.24) is 10.2 Å². The third kappa shape index (κ3) is 2.78. The number of H-pyrrole nitrogens is 1. The summed E-state index contributed by atoms with van der Waals surface area (Å²) < 4.78 is 0.542. The first-order chi connectivity index (χ1) is 8.06. The van der Waals surface area contributed by atoms with E-state index in [0.29, 0.717) is 14.6 Å². The van der Waals surface area contributed by atoms with Gasteiger partial charge in [0, 0.05) is 5.56 Å². The maximum atomic E-state index is 11.9. The number of hydrogen-bond acceptors (Lipinski definition) is 4. The van der Waals surface area contributed by atoms with Crippen LogP contribution in [0.2, 0.25) is 0 Å². The summed E-state index contributed by atoms with van der Waals surface area (Å²) in [4.78, 5) is 11.9. The van der Waals surface area contributed by atoms with Gasteiger partial charge in [-0.1, -0.05) is 17.4 Å². The van der Waals surface area contributed by atoms with E-state index in [2.05, 4.69) is 15.5 Å². The second-order valence-corrected chi connectivity index (χ2v) is 5.34. The minimum atomic E-state index is -0.175. The third-order valence-electron chi connectivity index (χ3n) is 2.43. The van der Waals surface area contributed by atoms with Crippen molar-refractivity contribution < 1.29 is 4.79 Å². The van der Waals surface area contributed by atoms with Crippen molar-refractivity contribution in [3.05, 3.63) is 38.8 Å². The highest BCUT2D eigenvalue weighted by atomic mass is 32.1. The molecule has 0 fully saturated rings. The Hall–Kier alpha value is -1.53. The normalized spacial score (nSPS) is 10.2. The van der Waals surface area contributed by atoms with E-state index in [1.165, 1.54) is 11.3 Å². The monoisotopic (exact) mass is 265 g/mol. The minimum absolute atomic E-state index is 0.175. The van der Waals surface area contributed by atoms with Gasteiger partial charge in [0.15, 0.2) is 3.95 Å². The van der Waals surface area contributed by atoms with E-state index in [9.17, 15) is 4.79 Å². The fourth-order valence-corrected chi connectivity index (χ4v) is 2.12. The van der Waals surface area contributed by atoms with Gasteiger partial charge < -0.3 is 0 Å². The van der Waals surface area contributed by atoms with Gasteiger partial charge >= 0.3 is 0 Å². The number of carbonyl (C=O) groups is 1. The lowest BCUT2D eigenvalue weighted by Crippen LogP contribution is -2.12. The van der Waals surface area contributed by atoms with E-state index in [4.69, 9.17) is 12.2 Å². The highest BCUT2D eigenvalue weighted by molar-refractivity contribution is 7.73. The van der Waals surface area contributed by atoms with Crippen LogP contribution in [0, 0.1) is 17.8 Å². The van der Waals surface area contributed by atoms with Gasteiger partial charge in [-0.05, 0) is 49.3 Å². The Balaban J connectivity index is 2.20. The maximum Gasteiger partial charge on any atom is 0.257 e. The Bertz CT molecular complexity index is 615. The van der Waals surface area contributed by atoms with Crippen molar-refractivity contribution in [2.45, 2.75) is 13.8 Å². The lowest BCUT2D eigenvalue weighted by Gasteiger charge is -2.04. The highest BCUT2D eigenvalue weighted by Crippen LogP contribution is 2.14. The average Bonchev–Trinajstić information content (AvgIpc) is 2.68. The second kappa shape index (κ2) is 4.77. The number of carbonyl (C=O) groups excluding carboxylic acids is 1. The quantitative estimate of drug-likeness (QED) is 0.820. The molecule has 2 rings (SSSR count). The standard InChI is InChI=1S/C11H11N3OS2/c1-6-3-4-8(5-7(6)2)9(15)12-10-13-14-11(16)17-10/h3-5H,1-2H3,(H,14,16)(H,12,13,15). The van der Waals surface area contributed by atoms with Crippen LogP contribution in [0.25, 0.3) is 0 Å². The molecule has 1 aromatic carbocycles. The lowest BCUT2D eigenvalue weighted by atomic mass is 10.1. The summed E-state index contributed by atoms with van der Waals surface area (Å²) in [5.41, 5.74) is 2.87.